The molecule has 0 amide bonds. The van der Waals surface area contributed by atoms with Gasteiger partial charge in [-0.05, 0) is 39.5 Å². The van der Waals surface area contributed by atoms with Crippen LogP contribution in [0.25, 0.3) is 0 Å². The molecule has 0 spiro atoms. The Labute approximate surface area is 170 Å². The maximum Gasteiger partial charge on any atom is 0.231 e. The molecule has 0 aromatic heterocycles. The van der Waals surface area contributed by atoms with Gasteiger partial charge in [-0.1, -0.05) is 41.5 Å². The first-order chi connectivity index (χ1) is 12.9. The highest BCUT2D eigenvalue weighted by Gasteiger charge is 2.35. The van der Waals surface area contributed by atoms with Gasteiger partial charge in [0.05, 0.1) is 13.2 Å². The van der Waals surface area contributed by atoms with Gasteiger partial charge in [0, 0.05) is 12.8 Å². The van der Waals surface area contributed by atoms with E-state index in [2.05, 4.69) is 27.7 Å². The van der Waals surface area contributed by atoms with Crippen LogP contribution in [0.4, 0.5) is 0 Å². The van der Waals surface area contributed by atoms with Crippen LogP contribution in [-0.4, -0.2) is 37.4 Å². The summed E-state index contributed by atoms with van der Waals surface area (Å²) in [5, 5.41) is 0. The second-order valence-electron chi connectivity index (χ2n) is 8.09. The van der Waals surface area contributed by atoms with Gasteiger partial charge >= 0.3 is 0 Å². The monoisotopic (exact) mass is 410 g/mol. The fraction of sp³-hybridized carbons (Fsp3) is 1.00. The van der Waals surface area contributed by atoms with Gasteiger partial charge in [-0.2, -0.15) is 19.6 Å². The van der Waals surface area contributed by atoms with Crippen molar-refractivity contribution < 1.29 is 38.8 Å². The molecule has 0 aliphatic rings. The lowest BCUT2D eigenvalue weighted by Gasteiger charge is -2.32. The zero-order valence-corrected chi connectivity index (χ0v) is 19.4. The van der Waals surface area contributed by atoms with Crippen LogP contribution in [0, 0.1) is 11.8 Å². The van der Waals surface area contributed by atoms with Gasteiger partial charge in [-0.15, -0.1) is 0 Å². The van der Waals surface area contributed by atoms with Crippen LogP contribution in [0.2, 0.25) is 0 Å². The number of hydrogen-bond donors (Lipinski definition) is 0. The molecule has 0 N–H and O–H groups in total. The van der Waals surface area contributed by atoms with Crippen molar-refractivity contribution in [3.63, 3.8) is 0 Å². The number of ether oxygens (including phenoxy) is 2. The molecule has 0 aliphatic heterocycles. The quantitative estimate of drug-likeness (QED) is 0.186. The molecular formula is C20H42O8. The van der Waals surface area contributed by atoms with Crippen LogP contribution in [0.1, 0.15) is 82.1 Å². The molecule has 0 saturated heterocycles. The summed E-state index contributed by atoms with van der Waals surface area (Å²) < 4.78 is 11.0. The summed E-state index contributed by atoms with van der Waals surface area (Å²) >= 11 is 0. The first-order valence-corrected chi connectivity index (χ1v) is 10.2. The topological polar surface area (TPSA) is 73.8 Å². The Hall–Kier alpha value is -0.320. The second kappa shape index (κ2) is 13.8. The van der Waals surface area contributed by atoms with E-state index in [4.69, 9.17) is 38.8 Å². The van der Waals surface area contributed by atoms with E-state index in [-0.39, 0.29) is 0 Å². The minimum Gasteiger partial charge on any atom is -0.350 e. The zero-order chi connectivity index (χ0) is 21.8. The Morgan fingerprint density at radius 3 is 1.14 bits per heavy atom. The zero-order valence-electron chi connectivity index (χ0n) is 19.4. The molecule has 0 saturated carbocycles. The molecule has 0 aromatic rings. The summed E-state index contributed by atoms with van der Waals surface area (Å²) in [5.74, 6) is -1.49. The first kappa shape index (κ1) is 27.7. The molecule has 0 radical (unpaired) electrons. The van der Waals surface area contributed by atoms with Crippen LogP contribution >= 0.6 is 0 Å². The molecule has 28 heavy (non-hydrogen) atoms. The highest BCUT2D eigenvalue weighted by molar-refractivity contribution is 4.58. The van der Waals surface area contributed by atoms with Gasteiger partial charge in [0.2, 0.25) is 11.6 Å². The standard InChI is InChI=1S/C20H42O8/c1-11-19(9,25-23-17(7)21-13-15(3)4)27-28-20(10,12-2)26-24-18(8)22-14-16(5)6/h15-18H,11-14H2,1-10H3. The summed E-state index contributed by atoms with van der Waals surface area (Å²) in [7, 11) is 0. The third kappa shape index (κ3) is 13.0. The van der Waals surface area contributed by atoms with E-state index in [9.17, 15) is 0 Å². The van der Waals surface area contributed by atoms with E-state index in [0.717, 1.165) is 0 Å². The Morgan fingerprint density at radius 2 is 0.893 bits per heavy atom. The molecular weight excluding hydrogens is 368 g/mol. The van der Waals surface area contributed by atoms with E-state index < -0.39 is 24.2 Å². The van der Waals surface area contributed by atoms with Crippen LogP contribution in [0.15, 0.2) is 0 Å². The van der Waals surface area contributed by atoms with Crippen LogP contribution in [0.3, 0.4) is 0 Å². The summed E-state index contributed by atoms with van der Waals surface area (Å²) in [6, 6.07) is 0. The summed E-state index contributed by atoms with van der Waals surface area (Å²) in [6.07, 6.45) is -0.127. The molecule has 170 valence electrons. The third-order valence-electron chi connectivity index (χ3n) is 3.73. The Bertz CT molecular complexity index is 356. The van der Waals surface area contributed by atoms with E-state index in [1.807, 2.05) is 13.8 Å². The first-order valence-electron chi connectivity index (χ1n) is 10.2. The summed E-state index contributed by atoms with van der Waals surface area (Å²) in [6.45, 7) is 20.1. The molecule has 4 atom stereocenters. The molecule has 0 bridgehead atoms. The summed E-state index contributed by atoms with van der Waals surface area (Å²) in [4.78, 5) is 32.4. The Kier molecular flexibility index (Phi) is 13.7. The van der Waals surface area contributed by atoms with Crippen molar-refractivity contribution in [1.29, 1.82) is 0 Å². The number of hydrogen-bond acceptors (Lipinski definition) is 8. The van der Waals surface area contributed by atoms with Crippen molar-refractivity contribution in [2.75, 3.05) is 13.2 Å². The highest BCUT2D eigenvalue weighted by Crippen LogP contribution is 2.26. The highest BCUT2D eigenvalue weighted by atomic mass is 17.4. The number of rotatable bonds is 17. The van der Waals surface area contributed by atoms with Crippen molar-refractivity contribution >= 4 is 0 Å². The third-order valence-corrected chi connectivity index (χ3v) is 3.73. The van der Waals surface area contributed by atoms with Gasteiger partial charge in [0.1, 0.15) is 0 Å². The van der Waals surface area contributed by atoms with Crippen LogP contribution in [0.5, 0.6) is 0 Å². The Morgan fingerprint density at radius 1 is 0.571 bits per heavy atom. The molecule has 0 heterocycles. The lowest BCUT2D eigenvalue weighted by Crippen LogP contribution is -2.40. The fourth-order valence-electron chi connectivity index (χ4n) is 1.49. The molecule has 0 rings (SSSR count). The van der Waals surface area contributed by atoms with Gasteiger partial charge in [-0.25, -0.2) is 9.78 Å². The normalized spacial score (nSPS) is 18.9. The second-order valence-corrected chi connectivity index (χ2v) is 8.09. The average molecular weight is 411 g/mol. The largest absolute Gasteiger partial charge is 0.350 e. The van der Waals surface area contributed by atoms with Gasteiger partial charge in [0.15, 0.2) is 12.6 Å². The van der Waals surface area contributed by atoms with Gasteiger partial charge < -0.3 is 9.47 Å². The predicted octanol–water partition coefficient (Wildman–Crippen LogP) is 5.12. The fourth-order valence-corrected chi connectivity index (χ4v) is 1.49. The lowest BCUT2D eigenvalue weighted by molar-refractivity contribution is -0.590. The minimum absolute atomic E-state index is 0.400. The van der Waals surface area contributed by atoms with Crippen LogP contribution in [-0.2, 0) is 38.8 Å². The van der Waals surface area contributed by atoms with E-state index >= 15 is 0 Å². The SMILES string of the molecule is CCC(C)(OOC(C)OCC(C)C)OOC(C)(CC)OOC(C)OCC(C)C. The molecule has 8 nitrogen and oxygen atoms in total. The molecule has 0 fully saturated rings. The maximum atomic E-state index is 5.51. The molecule has 8 heteroatoms. The molecule has 0 aromatic carbocycles. The van der Waals surface area contributed by atoms with Crippen molar-refractivity contribution in [3.8, 4) is 0 Å². The summed E-state index contributed by atoms with van der Waals surface area (Å²) in [5.41, 5.74) is 0. The van der Waals surface area contributed by atoms with Crippen LogP contribution < -0.4 is 0 Å². The molecule has 4 unspecified atom stereocenters. The van der Waals surface area contributed by atoms with Crippen molar-refractivity contribution in [1.82, 2.24) is 0 Å². The molecule has 0 aliphatic carbocycles. The average Bonchev–Trinajstić information content (AvgIpc) is 2.65. The van der Waals surface area contributed by atoms with E-state index in [0.29, 0.717) is 37.9 Å². The van der Waals surface area contributed by atoms with E-state index in [1.54, 1.807) is 27.7 Å². The van der Waals surface area contributed by atoms with Gasteiger partial charge in [-0.3, -0.25) is 0 Å². The lowest BCUT2D eigenvalue weighted by atomic mass is 10.2. The maximum absolute atomic E-state index is 5.51. The van der Waals surface area contributed by atoms with E-state index in [1.165, 1.54) is 0 Å². The van der Waals surface area contributed by atoms with Crippen molar-refractivity contribution in [2.45, 2.75) is 106 Å². The van der Waals surface area contributed by atoms with Crippen molar-refractivity contribution in [2.24, 2.45) is 11.8 Å². The minimum atomic E-state index is -1.14. The Balaban J connectivity index is 4.48. The smallest absolute Gasteiger partial charge is 0.231 e. The predicted molar refractivity (Wildman–Crippen MR) is 104 cm³/mol. The van der Waals surface area contributed by atoms with Gasteiger partial charge in [0.25, 0.3) is 0 Å². The van der Waals surface area contributed by atoms with Crippen molar-refractivity contribution in [3.05, 3.63) is 0 Å².